The minimum absolute atomic E-state index is 0.611. The molecule has 1 N–H and O–H groups in total. The molecule has 0 aromatic carbocycles. The lowest BCUT2D eigenvalue weighted by atomic mass is 9.87. The van der Waals surface area contributed by atoms with Crippen LogP contribution in [-0.4, -0.2) is 23.1 Å². The highest BCUT2D eigenvalue weighted by molar-refractivity contribution is 5.30. The molecule has 2 fully saturated rings. The summed E-state index contributed by atoms with van der Waals surface area (Å²) in [5, 5.41) is 3.51. The summed E-state index contributed by atoms with van der Waals surface area (Å²) >= 11 is 0. The Bertz CT molecular complexity index is 434. The Balaban J connectivity index is 1.85. The number of hydrogen-bond donors (Lipinski definition) is 1. The van der Waals surface area contributed by atoms with Crippen molar-refractivity contribution in [2.45, 2.75) is 70.6 Å². The SMILES string of the molecule is Cc1nc(C2CCCCC2)nc(C)c1C1CCCNC1. The van der Waals surface area contributed by atoms with Crippen molar-refractivity contribution >= 4 is 0 Å². The Labute approximate surface area is 122 Å². The van der Waals surface area contributed by atoms with E-state index < -0.39 is 0 Å². The van der Waals surface area contributed by atoms with E-state index in [2.05, 4.69) is 19.2 Å². The molecule has 2 heterocycles. The topological polar surface area (TPSA) is 37.8 Å². The van der Waals surface area contributed by atoms with E-state index in [4.69, 9.17) is 9.97 Å². The van der Waals surface area contributed by atoms with Crippen LogP contribution in [-0.2, 0) is 0 Å². The van der Waals surface area contributed by atoms with Gasteiger partial charge in [0.25, 0.3) is 0 Å². The quantitative estimate of drug-likeness (QED) is 0.894. The van der Waals surface area contributed by atoms with Gasteiger partial charge in [-0.3, -0.25) is 0 Å². The van der Waals surface area contributed by atoms with E-state index in [1.54, 1.807) is 0 Å². The van der Waals surface area contributed by atoms with Gasteiger partial charge in [-0.25, -0.2) is 9.97 Å². The van der Waals surface area contributed by atoms with Gasteiger partial charge in [0, 0.05) is 23.9 Å². The average molecular weight is 273 g/mol. The predicted octanol–water partition coefficient (Wildman–Crippen LogP) is 3.61. The second kappa shape index (κ2) is 6.21. The van der Waals surface area contributed by atoms with Crippen molar-refractivity contribution < 1.29 is 0 Å². The monoisotopic (exact) mass is 273 g/mol. The van der Waals surface area contributed by atoms with Crippen LogP contribution in [0.15, 0.2) is 0 Å². The first-order valence-electron chi connectivity index (χ1n) is 8.31. The molecule has 0 radical (unpaired) electrons. The molecule has 1 saturated carbocycles. The van der Waals surface area contributed by atoms with Crippen LogP contribution in [0.1, 0.15) is 79.6 Å². The number of aryl methyl sites for hydroxylation is 2. The first kappa shape index (κ1) is 14.0. The van der Waals surface area contributed by atoms with E-state index in [0.29, 0.717) is 11.8 Å². The molecule has 3 rings (SSSR count). The van der Waals surface area contributed by atoms with E-state index in [1.807, 2.05) is 0 Å². The summed E-state index contributed by atoms with van der Waals surface area (Å²) in [5.41, 5.74) is 3.87. The fraction of sp³-hybridized carbons (Fsp3) is 0.765. The summed E-state index contributed by atoms with van der Waals surface area (Å²) in [5.74, 6) is 2.34. The molecule has 1 aliphatic heterocycles. The number of piperidine rings is 1. The lowest BCUT2D eigenvalue weighted by Crippen LogP contribution is -2.29. The summed E-state index contributed by atoms with van der Waals surface area (Å²) in [7, 11) is 0. The Morgan fingerprint density at radius 1 is 0.850 bits per heavy atom. The van der Waals surface area contributed by atoms with E-state index in [1.165, 1.54) is 61.9 Å². The number of aromatic nitrogens is 2. The van der Waals surface area contributed by atoms with Crippen molar-refractivity contribution in [1.82, 2.24) is 15.3 Å². The second-order valence-electron chi connectivity index (χ2n) is 6.54. The highest BCUT2D eigenvalue weighted by atomic mass is 14.9. The molecule has 0 amide bonds. The summed E-state index contributed by atoms with van der Waals surface area (Å²) in [4.78, 5) is 9.79. The van der Waals surface area contributed by atoms with Crippen LogP contribution in [0.25, 0.3) is 0 Å². The molecule has 0 bridgehead atoms. The van der Waals surface area contributed by atoms with Gasteiger partial charge in [-0.1, -0.05) is 19.3 Å². The molecule has 1 saturated heterocycles. The van der Waals surface area contributed by atoms with Gasteiger partial charge in [0.15, 0.2) is 0 Å². The molecule has 20 heavy (non-hydrogen) atoms. The molecule has 110 valence electrons. The fourth-order valence-corrected chi connectivity index (χ4v) is 3.98. The van der Waals surface area contributed by atoms with Crippen LogP contribution in [0.4, 0.5) is 0 Å². The molecule has 1 unspecified atom stereocenters. The molecule has 3 nitrogen and oxygen atoms in total. The first-order valence-corrected chi connectivity index (χ1v) is 8.31. The lowest BCUT2D eigenvalue weighted by molar-refractivity contribution is 0.423. The number of nitrogens with zero attached hydrogens (tertiary/aromatic N) is 2. The molecule has 1 aliphatic carbocycles. The van der Waals surface area contributed by atoms with E-state index in [-0.39, 0.29) is 0 Å². The van der Waals surface area contributed by atoms with E-state index in [9.17, 15) is 0 Å². The van der Waals surface area contributed by atoms with Gasteiger partial charge in [0.05, 0.1) is 0 Å². The number of hydrogen-bond acceptors (Lipinski definition) is 3. The van der Waals surface area contributed by atoms with Crippen LogP contribution in [0, 0.1) is 13.8 Å². The normalized spacial score (nSPS) is 24.8. The molecule has 2 aliphatic rings. The zero-order chi connectivity index (χ0) is 13.9. The Morgan fingerprint density at radius 2 is 1.50 bits per heavy atom. The van der Waals surface area contributed by atoms with E-state index >= 15 is 0 Å². The minimum atomic E-state index is 0.611. The van der Waals surface area contributed by atoms with Crippen LogP contribution >= 0.6 is 0 Å². The number of nitrogens with one attached hydrogen (secondary N) is 1. The average Bonchev–Trinajstić information content (AvgIpc) is 2.48. The van der Waals surface area contributed by atoms with Gasteiger partial charge >= 0.3 is 0 Å². The first-order chi connectivity index (χ1) is 9.75. The molecule has 0 spiro atoms. The smallest absolute Gasteiger partial charge is 0.131 e. The van der Waals surface area contributed by atoms with Crippen molar-refractivity contribution in [2.75, 3.05) is 13.1 Å². The maximum absolute atomic E-state index is 4.89. The van der Waals surface area contributed by atoms with Gasteiger partial charge in [-0.05, 0) is 57.6 Å². The van der Waals surface area contributed by atoms with Crippen molar-refractivity contribution in [2.24, 2.45) is 0 Å². The molecular weight excluding hydrogens is 246 g/mol. The van der Waals surface area contributed by atoms with E-state index in [0.717, 1.165) is 18.9 Å². The number of rotatable bonds is 2. The van der Waals surface area contributed by atoms with Gasteiger partial charge in [-0.15, -0.1) is 0 Å². The van der Waals surface area contributed by atoms with Gasteiger partial charge < -0.3 is 5.32 Å². The predicted molar refractivity (Wildman–Crippen MR) is 82.2 cm³/mol. The summed E-state index contributed by atoms with van der Waals surface area (Å²) in [6.45, 7) is 6.62. The zero-order valence-corrected chi connectivity index (χ0v) is 12.9. The Hall–Kier alpha value is -0.960. The van der Waals surface area contributed by atoms with Crippen molar-refractivity contribution in [3.05, 3.63) is 22.8 Å². The molecule has 1 aromatic heterocycles. The summed E-state index contributed by atoms with van der Waals surface area (Å²) in [6.07, 6.45) is 9.20. The fourth-order valence-electron chi connectivity index (χ4n) is 3.98. The van der Waals surface area contributed by atoms with Crippen molar-refractivity contribution in [1.29, 1.82) is 0 Å². The highest BCUT2D eigenvalue weighted by Crippen LogP contribution is 2.33. The zero-order valence-electron chi connectivity index (χ0n) is 12.9. The van der Waals surface area contributed by atoms with Crippen molar-refractivity contribution in [3.63, 3.8) is 0 Å². The van der Waals surface area contributed by atoms with Crippen LogP contribution in [0.3, 0.4) is 0 Å². The van der Waals surface area contributed by atoms with Crippen LogP contribution in [0.2, 0.25) is 0 Å². The molecular formula is C17H27N3. The van der Waals surface area contributed by atoms with Crippen LogP contribution < -0.4 is 5.32 Å². The lowest BCUT2D eigenvalue weighted by Gasteiger charge is -2.27. The standard InChI is InChI=1S/C17H27N3/c1-12-16(15-9-6-10-18-11-15)13(2)20-17(19-12)14-7-4-3-5-8-14/h14-15,18H,3-11H2,1-2H3. The Kier molecular flexibility index (Phi) is 4.35. The summed E-state index contributed by atoms with van der Waals surface area (Å²) in [6, 6.07) is 0. The summed E-state index contributed by atoms with van der Waals surface area (Å²) < 4.78 is 0. The maximum Gasteiger partial charge on any atom is 0.131 e. The minimum Gasteiger partial charge on any atom is -0.316 e. The third-order valence-electron chi connectivity index (χ3n) is 5.02. The van der Waals surface area contributed by atoms with Crippen molar-refractivity contribution in [3.8, 4) is 0 Å². The maximum atomic E-state index is 4.89. The van der Waals surface area contributed by atoms with Gasteiger partial charge in [0.2, 0.25) is 0 Å². The van der Waals surface area contributed by atoms with Crippen LogP contribution in [0.5, 0.6) is 0 Å². The molecule has 1 aromatic rings. The molecule has 3 heteroatoms. The second-order valence-corrected chi connectivity index (χ2v) is 6.54. The van der Waals surface area contributed by atoms with Gasteiger partial charge in [-0.2, -0.15) is 0 Å². The third-order valence-corrected chi connectivity index (χ3v) is 5.02. The largest absolute Gasteiger partial charge is 0.316 e. The van der Waals surface area contributed by atoms with Gasteiger partial charge in [0.1, 0.15) is 5.82 Å². The Morgan fingerprint density at radius 3 is 2.10 bits per heavy atom. The highest BCUT2D eigenvalue weighted by Gasteiger charge is 2.24. The molecule has 1 atom stereocenters. The third kappa shape index (κ3) is 2.88.